The molecule has 4 aliphatic rings. The van der Waals surface area contributed by atoms with E-state index in [0.29, 0.717) is 6.42 Å². The first kappa shape index (κ1) is 21.0. The Kier molecular flexibility index (Phi) is 5.80. The Bertz CT molecular complexity index is 965. The fourth-order valence-corrected chi connectivity index (χ4v) is 7.69. The van der Waals surface area contributed by atoms with Gasteiger partial charge >= 0.3 is 0 Å². The average Bonchev–Trinajstić information content (AvgIpc) is 3.08. The van der Waals surface area contributed by atoms with Crippen molar-refractivity contribution in [1.82, 2.24) is 4.57 Å². The normalized spacial score (nSPS) is 29.5. The van der Waals surface area contributed by atoms with Crippen molar-refractivity contribution < 1.29 is 4.79 Å². The van der Waals surface area contributed by atoms with E-state index in [1.807, 2.05) is 12.1 Å². The highest BCUT2D eigenvalue weighted by Gasteiger charge is 2.51. The van der Waals surface area contributed by atoms with E-state index in [1.165, 1.54) is 44.1 Å². The topological polar surface area (TPSA) is 46.4 Å². The van der Waals surface area contributed by atoms with Crippen molar-refractivity contribution in [3.63, 3.8) is 0 Å². The van der Waals surface area contributed by atoms with E-state index in [0.717, 1.165) is 53.3 Å². The summed E-state index contributed by atoms with van der Waals surface area (Å²) >= 11 is 1.73. The standard InChI is InChI=1S/C26H35N3OS/c1-3-9-29-23(13-24(30)27-22-7-5-18(4-2)6-8-22)17-31-25(29)28-26-14-19-10-20(15-26)12-21(11-19)16-26/h5-8,17,19-21H,3-4,9-16H2,1-2H3,(H,27,30). The van der Waals surface area contributed by atoms with Crippen molar-refractivity contribution in [2.75, 3.05) is 5.32 Å². The molecule has 5 heteroatoms. The number of amides is 1. The van der Waals surface area contributed by atoms with Gasteiger partial charge in [-0.25, -0.2) is 0 Å². The van der Waals surface area contributed by atoms with Crippen molar-refractivity contribution in [3.8, 4) is 0 Å². The van der Waals surface area contributed by atoms with Gasteiger partial charge in [-0.2, -0.15) is 0 Å². The first-order valence-corrected chi connectivity index (χ1v) is 13.1. The number of rotatable bonds is 7. The fraction of sp³-hybridized carbons (Fsp3) is 0.615. The quantitative estimate of drug-likeness (QED) is 0.604. The lowest BCUT2D eigenvalue weighted by Crippen LogP contribution is -2.50. The minimum atomic E-state index is 0.0493. The van der Waals surface area contributed by atoms with Crippen molar-refractivity contribution in [2.45, 2.75) is 83.7 Å². The zero-order valence-corrected chi connectivity index (χ0v) is 19.7. The molecule has 1 amide bonds. The molecule has 0 saturated heterocycles. The molecule has 6 rings (SSSR count). The molecule has 4 fully saturated rings. The molecule has 1 heterocycles. The molecule has 4 saturated carbocycles. The molecule has 0 radical (unpaired) electrons. The van der Waals surface area contributed by atoms with Gasteiger partial charge in [-0.3, -0.25) is 9.79 Å². The summed E-state index contributed by atoms with van der Waals surface area (Å²) in [6.45, 7) is 5.28. The molecular weight excluding hydrogens is 402 g/mol. The van der Waals surface area contributed by atoms with E-state index >= 15 is 0 Å². The number of nitrogens with one attached hydrogen (secondary N) is 1. The van der Waals surface area contributed by atoms with Gasteiger partial charge in [-0.05, 0) is 86.8 Å². The Balaban J connectivity index is 1.35. The van der Waals surface area contributed by atoms with Crippen molar-refractivity contribution in [2.24, 2.45) is 22.7 Å². The number of carbonyl (C=O) groups excluding carboxylic acids is 1. The first-order valence-electron chi connectivity index (χ1n) is 12.2. The summed E-state index contributed by atoms with van der Waals surface area (Å²) in [6, 6.07) is 8.16. The maximum atomic E-state index is 12.8. The zero-order valence-electron chi connectivity index (χ0n) is 18.9. The monoisotopic (exact) mass is 437 g/mol. The smallest absolute Gasteiger partial charge is 0.230 e. The Morgan fingerprint density at radius 3 is 2.32 bits per heavy atom. The molecule has 0 spiro atoms. The molecule has 4 aliphatic carbocycles. The number of thiazole rings is 1. The lowest BCUT2D eigenvalue weighted by molar-refractivity contribution is -0.115. The van der Waals surface area contributed by atoms with Crippen LogP contribution in [0.1, 0.15) is 70.1 Å². The molecule has 0 aliphatic heterocycles. The van der Waals surface area contributed by atoms with Gasteiger partial charge in [0.05, 0.1) is 12.0 Å². The number of hydrogen-bond acceptors (Lipinski definition) is 3. The summed E-state index contributed by atoms with van der Waals surface area (Å²) < 4.78 is 2.32. The van der Waals surface area contributed by atoms with Crippen LogP contribution < -0.4 is 10.1 Å². The lowest BCUT2D eigenvalue weighted by atomic mass is 9.53. The van der Waals surface area contributed by atoms with Gasteiger partial charge < -0.3 is 9.88 Å². The minimum Gasteiger partial charge on any atom is -0.326 e. The minimum absolute atomic E-state index is 0.0493. The van der Waals surface area contributed by atoms with Gasteiger partial charge in [0.15, 0.2) is 4.80 Å². The fourth-order valence-electron chi connectivity index (χ4n) is 6.66. The van der Waals surface area contributed by atoms with Crippen molar-refractivity contribution in [1.29, 1.82) is 0 Å². The molecular formula is C26H35N3OS. The molecule has 31 heavy (non-hydrogen) atoms. The zero-order chi connectivity index (χ0) is 21.4. The van der Waals surface area contributed by atoms with Crippen LogP contribution in [0.5, 0.6) is 0 Å². The summed E-state index contributed by atoms with van der Waals surface area (Å²) in [5.41, 5.74) is 3.43. The first-order chi connectivity index (χ1) is 15.1. The summed E-state index contributed by atoms with van der Waals surface area (Å²) in [4.78, 5) is 19.3. The molecule has 0 atom stereocenters. The second-order valence-electron chi connectivity index (χ2n) is 10.2. The van der Waals surface area contributed by atoms with Crippen LogP contribution in [0.25, 0.3) is 0 Å². The number of aryl methyl sites for hydroxylation is 1. The molecule has 4 nitrogen and oxygen atoms in total. The number of anilines is 1. The molecule has 1 aromatic carbocycles. The molecule has 2 aromatic rings. The lowest BCUT2D eigenvalue weighted by Gasteiger charge is -2.54. The molecule has 1 aromatic heterocycles. The Hall–Kier alpha value is -1.88. The highest BCUT2D eigenvalue weighted by molar-refractivity contribution is 7.07. The SMILES string of the molecule is CCCn1c(CC(=O)Nc2ccc(CC)cc2)csc1=NC12CC3CC(CC(C3)C1)C2. The van der Waals surface area contributed by atoms with Crippen LogP contribution in [-0.2, 0) is 24.2 Å². The van der Waals surface area contributed by atoms with E-state index < -0.39 is 0 Å². The Morgan fingerprint density at radius 1 is 1.10 bits per heavy atom. The van der Waals surface area contributed by atoms with E-state index in [1.54, 1.807) is 11.3 Å². The Morgan fingerprint density at radius 2 is 1.74 bits per heavy atom. The van der Waals surface area contributed by atoms with Gasteiger partial charge in [0.2, 0.25) is 5.91 Å². The van der Waals surface area contributed by atoms with Gasteiger partial charge in [-0.15, -0.1) is 11.3 Å². The largest absolute Gasteiger partial charge is 0.326 e. The van der Waals surface area contributed by atoms with Crippen LogP contribution in [-0.4, -0.2) is 16.0 Å². The molecule has 4 bridgehead atoms. The van der Waals surface area contributed by atoms with Gasteiger partial charge in [0.25, 0.3) is 0 Å². The van der Waals surface area contributed by atoms with E-state index in [2.05, 4.69) is 41.2 Å². The number of benzene rings is 1. The van der Waals surface area contributed by atoms with Gasteiger partial charge in [0.1, 0.15) is 0 Å². The van der Waals surface area contributed by atoms with E-state index in [4.69, 9.17) is 4.99 Å². The highest BCUT2D eigenvalue weighted by atomic mass is 32.1. The number of hydrogen-bond donors (Lipinski definition) is 1. The van der Waals surface area contributed by atoms with Gasteiger partial charge in [0, 0.05) is 23.3 Å². The predicted molar refractivity (Wildman–Crippen MR) is 127 cm³/mol. The summed E-state index contributed by atoms with van der Waals surface area (Å²) in [5.74, 6) is 2.75. The van der Waals surface area contributed by atoms with Crippen LogP contribution in [0.15, 0.2) is 34.6 Å². The van der Waals surface area contributed by atoms with E-state index in [9.17, 15) is 4.79 Å². The third-order valence-electron chi connectivity index (χ3n) is 7.65. The highest BCUT2D eigenvalue weighted by Crippen LogP contribution is 2.57. The predicted octanol–water partition coefficient (Wildman–Crippen LogP) is 5.57. The second kappa shape index (κ2) is 8.57. The Labute approximate surface area is 189 Å². The van der Waals surface area contributed by atoms with Crippen molar-refractivity contribution in [3.05, 3.63) is 45.7 Å². The number of nitrogens with zero attached hydrogens (tertiary/aromatic N) is 2. The second-order valence-corrected chi connectivity index (χ2v) is 11.0. The van der Waals surface area contributed by atoms with E-state index in [-0.39, 0.29) is 11.4 Å². The third kappa shape index (κ3) is 4.39. The van der Waals surface area contributed by atoms with Crippen LogP contribution in [0, 0.1) is 17.8 Å². The average molecular weight is 438 g/mol. The van der Waals surface area contributed by atoms with Crippen LogP contribution >= 0.6 is 11.3 Å². The molecule has 166 valence electrons. The van der Waals surface area contributed by atoms with Crippen LogP contribution in [0.4, 0.5) is 5.69 Å². The molecule has 1 N–H and O–H groups in total. The van der Waals surface area contributed by atoms with Gasteiger partial charge in [-0.1, -0.05) is 26.0 Å². The number of aromatic nitrogens is 1. The maximum absolute atomic E-state index is 12.8. The summed E-state index contributed by atoms with van der Waals surface area (Å²) in [6.07, 6.45) is 10.7. The number of carbonyl (C=O) groups is 1. The summed E-state index contributed by atoms with van der Waals surface area (Å²) in [5, 5.41) is 5.23. The van der Waals surface area contributed by atoms with Crippen LogP contribution in [0.2, 0.25) is 0 Å². The summed E-state index contributed by atoms with van der Waals surface area (Å²) in [7, 11) is 0. The van der Waals surface area contributed by atoms with Crippen molar-refractivity contribution >= 4 is 22.9 Å². The third-order valence-corrected chi connectivity index (χ3v) is 8.56. The molecule has 0 unspecified atom stereocenters. The van der Waals surface area contributed by atoms with Crippen LogP contribution in [0.3, 0.4) is 0 Å². The maximum Gasteiger partial charge on any atom is 0.230 e.